The van der Waals surface area contributed by atoms with Crippen LogP contribution < -0.4 is 0 Å². The van der Waals surface area contributed by atoms with Crippen LogP contribution in [0, 0.1) is 0 Å². The van der Waals surface area contributed by atoms with Gasteiger partial charge < -0.3 is 0 Å². The van der Waals surface area contributed by atoms with Gasteiger partial charge in [-0.05, 0) is 6.92 Å². The lowest BCUT2D eigenvalue weighted by molar-refractivity contribution is -0.108. The number of rotatable bonds is 2. The van der Waals surface area contributed by atoms with Crippen molar-refractivity contribution in [2.45, 2.75) is 16.6 Å². The van der Waals surface area contributed by atoms with Crippen LogP contribution in [0.3, 0.4) is 0 Å². The SMILES string of the molecule is C[C@H](Cl)C(Cl)(Cl)C=O. The Kier molecular flexibility index (Phi) is 3.10. The van der Waals surface area contributed by atoms with Gasteiger partial charge in [-0.3, -0.25) is 4.79 Å². The first-order valence-corrected chi connectivity index (χ1v) is 3.18. The highest BCUT2D eigenvalue weighted by atomic mass is 35.5. The Bertz CT molecular complexity index is 89.3. The highest BCUT2D eigenvalue weighted by molar-refractivity contribution is 6.59. The smallest absolute Gasteiger partial charge is 0.188 e. The second-order valence-electron chi connectivity index (χ2n) is 1.41. The quantitative estimate of drug-likeness (QED) is 0.463. The van der Waals surface area contributed by atoms with Crippen LogP contribution in [0.1, 0.15) is 6.92 Å². The standard InChI is InChI=1S/C4H5Cl3O/c1-3(5)4(6,7)2-8/h2-3H,1H3/t3-/m0/s1. The van der Waals surface area contributed by atoms with E-state index >= 15 is 0 Å². The normalized spacial score (nSPS) is 15.5. The van der Waals surface area contributed by atoms with Crippen LogP contribution in [0.5, 0.6) is 0 Å². The lowest BCUT2D eigenvalue weighted by atomic mass is 10.3. The molecule has 0 amide bonds. The van der Waals surface area contributed by atoms with Crippen LogP contribution in [-0.2, 0) is 4.79 Å². The third kappa shape index (κ3) is 2.21. The number of alkyl halides is 3. The van der Waals surface area contributed by atoms with Crippen LogP contribution in [0.25, 0.3) is 0 Å². The van der Waals surface area contributed by atoms with E-state index in [0.29, 0.717) is 6.29 Å². The molecule has 0 saturated carbocycles. The molecule has 0 unspecified atom stereocenters. The number of carbonyl (C=O) groups is 1. The molecule has 0 bridgehead atoms. The number of hydrogen-bond acceptors (Lipinski definition) is 1. The van der Waals surface area contributed by atoms with Crippen LogP contribution in [0.15, 0.2) is 0 Å². The molecule has 0 saturated heterocycles. The second kappa shape index (κ2) is 2.90. The number of carbonyl (C=O) groups excluding carboxylic acids is 1. The van der Waals surface area contributed by atoms with Gasteiger partial charge in [0.25, 0.3) is 0 Å². The van der Waals surface area contributed by atoms with Gasteiger partial charge in [-0.15, -0.1) is 11.6 Å². The molecule has 0 heterocycles. The number of hydrogen-bond donors (Lipinski definition) is 0. The van der Waals surface area contributed by atoms with Crippen molar-refractivity contribution in [3.05, 3.63) is 0 Å². The minimum absolute atomic E-state index is 0.410. The van der Waals surface area contributed by atoms with Crippen LogP contribution in [0.2, 0.25) is 0 Å². The molecule has 0 aromatic carbocycles. The predicted octanol–water partition coefficient (Wildman–Crippen LogP) is 1.99. The van der Waals surface area contributed by atoms with Gasteiger partial charge >= 0.3 is 0 Å². The van der Waals surface area contributed by atoms with E-state index in [1.54, 1.807) is 6.92 Å². The summed E-state index contributed by atoms with van der Waals surface area (Å²) in [6, 6.07) is 0. The van der Waals surface area contributed by atoms with Crippen molar-refractivity contribution >= 4 is 41.1 Å². The first-order chi connectivity index (χ1) is 3.50. The maximum absolute atomic E-state index is 9.92. The van der Waals surface area contributed by atoms with Crippen LogP contribution >= 0.6 is 34.8 Å². The molecule has 0 rings (SSSR count). The average Bonchev–Trinajstić information content (AvgIpc) is 1.67. The Morgan fingerprint density at radius 3 is 2.00 bits per heavy atom. The largest absolute Gasteiger partial charge is 0.300 e. The first-order valence-electron chi connectivity index (χ1n) is 1.99. The maximum Gasteiger partial charge on any atom is 0.188 e. The van der Waals surface area contributed by atoms with Gasteiger partial charge in [-0.1, -0.05) is 23.2 Å². The molecule has 4 heteroatoms. The summed E-state index contributed by atoms with van der Waals surface area (Å²) < 4.78 is -1.43. The lowest BCUT2D eigenvalue weighted by Crippen LogP contribution is -2.24. The van der Waals surface area contributed by atoms with Crippen molar-refractivity contribution in [3.63, 3.8) is 0 Å². The summed E-state index contributed by atoms with van der Waals surface area (Å²) >= 11 is 16.0. The van der Waals surface area contributed by atoms with E-state index in [1.807, 2.05) is 0 Å². The molecule has 0 radical (unpaired) electrons. The summed E-state index contributed by atoms with van der Waals surface area (Å²) in [4.78, 5) is 9.92. The Balaban J connectivity index is 3.90. The first kappa shape index (κ1) is 8.54. The minimum atomic E-state index is -1.43. The highest BCUT2D eigenvalue weighted by Crippen LogP contribution is 2.25. The van der Waals surface area contributed by atoms with Crippen molar-refractivity contribution in [2.24, 2.45) is 0 Å². The zero-order chi connectivity index (χ0) is 6.78. The Morgan fingerprint density at radius 2 is 2.00 bits per heavy atom. The summed E-state index contributed by atoms with van der Waals surface area (Å²) in [5.74, 6) is 0. The topological polar surface area (TPSA) is 17.1 Å². The van der Waals surface area contributed by atoms with Gasteiger partial charge in [0, 0.05) is 0 Å². The van der Waals surface area contributed by atoms with Gasteiger partial charge in [-0.25, -0.2) is 0 Å². The third-order valence-electron chi connectivity index (χ3n) is 0.687. The summed E-state index contributed by atoms with van der Waals surface area (Å²) in [6.45, 7) is 1.55. The number of halogens is 3. The molecular formula is C4H5Cl3O. The van der Waals surface area contributed by atoms with E-state index in [9.17, 15) is 4.79 Å². The minimum Gasteiger partial charge on any atom is -0.300 e. The summed E-state index contributed by atoms with van der Waals surface area (Å²) in [7, 11) is 0. The Hall–Kier alpha value is 0.540. The number of aldehydes is 1. The van der Waals surface area contributed by atoms with E-state index in [0.717, 1.165) is 0 Å². The van der Waals surface area contributed by atoms with E-state index in [2.05, 4.69) is 0 Å². The summed E-state index contributed by atoms with van der Waals surface area (Å²) in [6.07, 6.45) is 0.410. The fourth-order valence-electron chi connectivity index (χ4n) is 0.0938. The molecule has 0 aromatic heterocycles. The van der Waals surface area contributed by atoms with Gasteiger partial charge in [-0.2, -0.15) is 0 Å². The van der Waals surface area contributed by atoms with Gasteiger partial charge in [0.05, 0.1) is 5.38 Å². The molecule has 48 valence electrons. The summed E-state index contributed by atoms with van der Waals surface area (Å²) in [5.41, 5.74) is 0. The van der Waals surface area contributed by atoms with Crippen LogP contribution in [-0.4, -0.2) is 16.0 Å². The van der Waals surface area contributed by atoms with Gasteiger partial charge in [0.15, 0.2) is 10.6 Å². The lowest BCUT2D eigenvalue weighted by Gasteiger charge is -2.12. The van der Waals surface area contributed by atoms with Crippen molar-refractivity contribution in [2.75, 3.05) is 0 Å². The predicted molar refractivity (Wildman–Crippen MR) is 35.8 cm³/mol. The molecule has 1 nitrogen and oxygen atoms in total. The molecule has 0 fully saturated rings. The molecule has 0 aliphatic heterocycles. The second-order valence-corrected chi connectivity index (χ2v) is 3.51. The molecule has 0 N–H and O–H groups in total. The third-order valence-corrected chi connectivity index (χ3v) is 2.09. The van der Waals surface area contributed by atoms with Crippen LogP contribution in [0.4, 0.5) is 0 Å². The molecule has 0 spiro atoms. The van der Waals surface area contributed by atoms with Gasteiger partial charge in [0.1, 0.15) is 0 Å². The highest BCUT2D eigenvalue weighted by Gasteiger charge is 2.28. The Labute approximate surface area is 62.9 Å². The van der Waals surface area contributed by atoms with Crippen molar-refractivity contribution in [1.82, 2.24) is 0 Å². The van der Waals surface area contributed by atoms with E-state index in [-0.39, 0.29) is 0 Å². The maximum atomic E-state index is 9.92. The summed E-state index contributed by atoms with van der Waals surface area (Å²) in [5, 5.41) is -0.552. The molecule has 0 aliphatic rings. The Morgan fingerprint density at radius 1 is 1.62 bits per heavy atom. The van der Waals surface area contributed by atoms with E-state index < -0.39 is 9.71 Å². The van der Waals surface area contributed by atoms with Crippen molar-refractivity contribution < 1.29 is 4.79 Å². The molecule has 8 heavy (non-hydrogen) atoms. The zero-order valence-corrected chi connectivity index (χ0v) is 6.46. The zero-order valence-electron chi connectivity index (χ0n) is 4.20. The fourth-order valence-corrected chi connectivity index (χ4v) is 0.145. The monoisotopic (exact) mass is 174 g/mol. The van der Waals surface area contributed by atoms with Gasteiger partial charge in [0.2, 0.25) is 0 Å². The van der Waals surface area contributed by atoms with E-state index in [1.165, 1.54) is 0 Å². The average molecular weight is 175 g/mol. The van der Waals surface area contributed by atoms with Crippen molar-refractivity contribution in [1.29, 1.82) is 0 Å². The molecule has 1 atom stereocenters. The van der Waals surface area contributed by atoms with E-state index in [4.69, 9.17) is 34.8 Å². The van der Waals surface area contributed by atoms with Crippen molar-refractivity contribution in [3.8, 4) is 0 Å². The molecule has 0 aliphatic carbocycles. The molecule has 0 aromatic rings. The fraction of sp³-hybridized carbons (Fsp3) is 0.750. The molecular weight excluding hydrogens is 170 g/mol.